The van der Waals surface area contributed by atoms with Crippen molar-refractivity contribution in [1.29, 1.82) is 0 Å². The minimum atomic E-state index is -0.627. The lowest BCUT2D eigenvalue weighted by atomic mass is 10.4. The minimum Gasteiger partial charge on any atom is -0.382 e. The lowest BCUT2D eigenvalue weighted by Crippen LogP contribution is -2.21. The first-order valence-electron chi connectivity index (χ1n) is 4.94. The molecule has 0 radical (unpaired) electrons. The number of nitrogens with zero attached hydrogens (tertiary/aromatic N) is 3. The number of nitrogens with two attached hydrogens (primary N) is 1. The quantitative estimate of drug-likeness (QED) is 0.431. The van der Waals surface area contributed by atoms with Crippen molar-refractivity contribution in [3.63, 3.8) is 0 Å². The average Bonchev–Trinajstić information content (AvgIpc) is 2.73. The highest BCUT2D eigenvalue weighted by Gasteiger charge is 2.12. The predicted molar refractivity (Wildman–Crippen MR) is 62.8 cm³/mol. The molecule has 0 fully saturated rings. The van der Waals surface area contributed by atoms with Gasteiger partial charge in [0.1, 0.15) is 11.2 Å². The molecule has 18 heavy (non-hydrogen) atoms. The molecule has 9 nitrogen and oxygen atoms in total. The SMILES string of the molecule is Nc1nccnc1-c1nc2[nH]c(=O)[nH]c(=O)c2[nH]1. The van der Waals surface area contributed by atoms with Crippen molar-refractivity contribution in [2.75, 3.05) is 5.73 Å². The van der Waals surface area contributed by atoms with Gasteiger partial charge in [-0.1, -0.05) is 0 Å². The average molecular weight is 245 g/mol. The Balaban J connectivity index is 2.33. The number of hydrogen-bond acceptors (Lipinski definition) is 6. The number of fused-ring (bicyclic) bond motifs is 1. The molecular weight excluding hydrogens is 238 g/mol. The summed E-state index contributed by atoms with van der Waals surface area (Å²) in [7, 11) is 0. The number of hydrogen-bond donors (Lipinski definition) is 4. The molecular formula is C9H7N7O2. The van der Waals surface area contributed by atoms with Crippen molar-refractivity contribution in [3.8, 4) is 11.5 Å². The molecule has 0 aromatic carbocycles. The summed E-state index contributed by atoms with van der Waals surface area (Å²) >= 11 is 0. The molecule has 0 bridgehead atoms. The van der Waals surface area contributed by atoms with Gasteiger partial charge in [0, 0.05) is 12.4 Å². The van der Waals surface area contributed by atoms with E-state index in [0.29, 0.717) is 5.69 Å². The smallest absolute Gasteiger partial charge is 0.327 e. The van der Waals surface area contributed by atoms with Gasteiger partial charge >= 0.3 is 5.69 Å². The van der Waals surface area contributed by atoms with Gasteiger partial charge in [0.15, 0.2) is 17.3 Å². The van der Waals surface area contributed by atoms with E-state index in [-0.39, 0.29) is 22.8 Å². The van der Waals surface area contributed by atoms with Crippen LogP contribution in [0.15, 0.2) is 22.0 Å². The van der Waals surface area contributed by atoms with E-state index in [1.54, 1.807) is 0 Å². The van der Waals surface area contributed by atoms with Crippen LogP contribution in [0.25, 0.3) is 22.7 Å². The van der Waals surface area contributed by atoms with E-state index in [4.69, 9.17) is 5.73 Å². The molecule has 0 amide bonds. The first-order chi connectivity index (χ1) is 8.65. The van der Waals surface area contributed by atoms with E-state index in [1.807, 2.05) is 0 Å². The van der Waals surface area contributed by atoms with Gasteiger partial charge in [-0.05, 0) is 0 Å². The number of anilines is 1. The van der Waals surface area contributed by atoms with Crippen molar-refractivity contribution >= 4 is 17.0 Å². The van der Waals surface area contributed by atoms with Gasteiger partial charge in [0.25, 0.3) is 5.56 Å². The maximum Gasteiger partial charge on any atom is 0.327 e. The third-order valence-electron chi connectivity index (χ3n) is 2.34. The maximum atomic E-state index is 11.5. The van der Waals surface area contributed by atoms with Crippen molar-refractivity contribution in [2.24, 2.45) is 0 Å². The first-order valence-corrected chi connectivity index (χ1v) is 4.94. The zero-order chi connectivity index (χ0) is 12.7. The van der Waals surface area contributed by atoms with Crippen LogP contribution >= 0.6 is 0 Å². The Morgan fingerprint density at radius 3 is 2.61 bits per heavy atom. The molecule has 3 rings (SSSR count). The van der Waals surface area contributed by atoms with Gasteiger partial charge < -0.3 is 10.7 Å². The van der Waals surface area contributed by atoms with Gasteiger partial charge in [-0.2, -0.15) is 0 Å². The second-order valence-corrected chi connectivity index (χ2v) is 3.51. The minimum absolute atomic E-state index is 0.142. The molecule has 0 aliphatic heterocycles. The number of nitrogen functional groups attached to an aromatic ring is 1. The van der Waals surface area contributed by atoms with Crippen LogP contribution in [0.4, 0.5) is 5.82 Å². The van der Waals surface area contributed by atoms with Gasteiger partial charge in [-0.15, -0.1) is 0 Å². The van der Waals surface area contributed by atoms with E-state index in [1.165, 1.54) is 12.4 Å². The fourth-order valence-corrected chi connectivity index (χ4v) is 1.58. The van der Waals surface area contributed by atoms with E-state index < -0.39 is 11.2 Å². The first kappa shape index (κ1) is 10.2. The standard InChI is InChI=1S/C9H7N7O2/c10-5-3(11-1-2-12-5)6-13-4-7(14-6)15-9(18)16-8(4)17/h1-2H,(H2,10,12)(H3,13,14,15,16,17,18). The second kappa shape index (κ2) is 3.52. The van der Waals surface area contributed by atoms with Crippen molar-refractivity contribution in [1.82, 2.24) is 29.9 Å². The Bertz CT molecular complexity index is 844. The molecule has 0 saturated heterocycles. The molecule has 0 atom stereocenters. The van der Waals surface area contributed by atoms with Crippen LogP contribution in [0.1, 0.15) is 0 Å². The van der Waals surface area contributed by atoms with Crippen molar-refractivity contribution < 1.29 is 0 Å². The highest BCUT2D eigenvalue weighted by Crippen LogP contribution is 2.18. The fourth-order valence-electron chi connectivity index (χ4n) is 1.58. The molecule has 0 unspecified atom stereocenters. The van der Waals surface area contributed by atoms with Crippen LogP contribution in [0.3, 0.4) is 0 Å². The zero-order valence-electron chi connectivity index (χ0n) is 8.89. The molecule has 3 heterocycles. The van der Waals surface area contributed by atoms with Crippen molar-refractivity contribution in [3.05, 3.63) is 33.2 Å². The predicted octanol–water partition coefficient (Wildman–Crippen LogP) is -1.02. The second-order valence-electron chi connectivity index (χ2n) is 3.51. The maximum absolute atomic E-state index is 11.5. The highest BCUT2D eigenvalue weighted by atomic mass is 16.2. The molecule has 0 aliphatic carbocycles. The Hall–Kier alpha value is -2.97. The number of H-pyrrole nitrogens is 3. The highest BCUT2D eigenvalue weighted by molar-refractivity contribution is 5.76. The summed E-state index contributed by atoms with van der Waals surface area (Å²) in [6, 6.07) is 0. The number of imidazole rings is 1. The molecule has 90 valence electrons. The lowest BCUT2D eigenvalue weighted by Gasteiger charge is -1.97. The summed E-state index contributed by atoms with van der Waals surface area (Å²) in [5.41, 5.74) is 5.07. The monoisotopic (exact) mass is 245 g/mol. The third kappa shape index (κ3) is 1.45. The molecule has 5 N–H and O–H groups in total. The summed E-state index contributed by atoms with van der Waals surface area (Å²) in [5.74, 6) is 0.443. The molecule has 3 aromatic heterocycles. The number of aromatic amines is 3. The van der Waals surface area contributed by atoms with E-state index in [0.717, 1.165) is 0 Å². The van der Waals surface area contributed by atoms with Crippen LogP contribution < -0.4 is 17.0 Å². The number of nitrogens with one attached hydrogen (secondary N) is 3. The van der Waals surface area contributed by atoms with E-state index in [9.17, 15) is 9.59 Å². The van der Waals surface area contributed by atoms with Crippen LogP contribution in [-0.4, -0.2) is 29.9 Å². The molecule has 0 aliphatic rings. The molecule has 0 saturated carbocycles. The van der Waals surface area contributed by atoms with Crippen LogP contribution in [0.2, 0.25) is 0 Å². The molecule has 9 heteroatoms. The fraction of sp³-hybridized carbons (Fsp3) is 0. The Labute approximate surface area is 98.1 Å². The van der Waals surface area contributed by atoms with Crippen LogP contribution in [0, 0.1) is 0 Å². The lowest BCUT2D eigenvalue weighted by molar-refractivity contribution is 1.07. The van der Waals surface area contributed by atoms with E-state index in [2.05, 4.69) is 29.9 Å². The summed E-state index contributed by atoms with van der Waals surface area (Å²) in [4.78, 5) is 41.8. The van der Waals surface area contributed by atoms with Gasteiger partial charge in [0.2, 0.25) is 0 Å². The van der Waals surface area contributed by atoms with Gasteiger partial charge in [-0.25, -0.2) is 19.7 Å². The van der Waals surface area contributed by atoms with E-state index >= 15 is 0 Å². The van der Waals surface area contributed by atoms with Crippen molar-refractivity contribution in [2.45, 2.75) is 0 Å². The van der Waals surface area contributed by atoms with Gasteiger partial charge in [-0.3, -0.25) is 14.8 Å². The molecule has 0 spiro atoms. The molecule has 3 aromatic rings. The summed E-state index contributed by atoms with van der Waals surface area (Å²) in [6.07, 6.45) is 2.89. The van der Waals surface area contributed by atoms with Crippen LogP contribution in [-0.2, 0) is 0 Å². The zero-order valence-corrected chi connectivity index (χ0v) is 8.89. The van der Waals surface area contributed by atoms with Crippen LogP contribution in [0.5, 0.6) is 0 Å². The topological polar surface area (TPSA) is 146 Å². The Kier molecular flexibility index (Phi) is 1.99. The Morgan fingerprint density at radius 1 is 1.06 bits per heavy atom. The van der Waals surface area contributed by atoms with Gasteiger partial charge in [0.05, 0.1) is 0 Å². The number of aromatic nitrogens is 6. The largest absolute Gasteiger partial charge is 0.382 e. The third-order valence-corrected chi connectivity index (χ3v) is 2.34. The summed E-state index contributed by atoms with van der Waals surface area (Å²) in [6.45, 7) is 0. The Morgan fingerprint density at radius 2 is 1.83 bits per heavy atom. The summed E-state index contributed by atoms with van der Waals surface area (Å²) < 4.78 is 0. The normalized spacial score (nSPS) is 10.9. The number of rotatable bonds is 1. The summed E-state index contributed by atoms with van der Waals surface area (Å²) in [5, 5.41) is 0.